The van der Waals surface area contributed by atoms with Gasteiger partial charge in [-0.25, -0.2) is 0 Å². The Labute approximate surface area is 80.6 Å². The van der Waals surface area contributed by atoms with Crippen LogP contribution >= 0.6 is 11.2 Å². The van der Waals surface area contributed by atoms with Gasteiger partial charge in [-0.2, -0.15) is 0 Å². The van der Waals surface area contributed by atoms with Gasteiger partial charge < -0.3 is 4.55 Å². The molecule has 0 aliphatic rings. The predicted molar refractivity (Wildman–Crippen MR) is 59.8 cm³/mol. The summed E-state index contributed by atoms with van der Waals surface area (Å²) in [5.74, 6) is 0. The van der Waals surface area contributed by atoms with Crippen molar-refractivity contribution in [2.75, 3.05) is 6.26 Å². The number of rotatable bonds is 1. The van der Waals surface area contributed by atoms with Gasteiger partial charge in [-0.3, -0.25) is 0 Å². The van der Waals surface area contributed by atoms with Gasteiger partial charge >= 0.3 is 0 Å². The third kappa shape index (κ3) is 1.55. The molecule has 1 unspecified atom stereocenters. The van der Waals surface area contributed by atoms with Gasteiger partial charge in [0.25, 0.3) is 0 Å². The zero-order valence-corrected chi connectivity index (χ0v) is 8.33. The van der Waals surface area contributed by atoms with Crippen LogP contribution in [0.5, 0.6) is 0 Å². The number of thiol groups is 1. The summed E-state index contributed by atoms with van der Waals surface area (Å²) in [5, 5.41) is 2.37. The van der Waals surface area contributed by atoms with E-state index in [-0.39, 0.29) is 0 Å². The van der Waals surface area contributed by atoms with Crippen LogP contribution < -0.4 is 0 Å². The molecule has 2 rings (SSSR count). The SMILES string of the molecule is C[SH](O)c1cccc2ccccc12. The van der Waals surface area contributed by atoms with Gasteiger partial charge in [0.2, 0.25) is 0 Å². The van der Waals surface area contributed by atoms with Gasteiger partial charge in [0.05, 0.1) is 0 Å². The normalized spacial score (nSPS) is 14.5. The van der Waals surface area contributed by atoms with Crippen molar-refractivity contribution in [1.29, 1.82) is 0 Å². The van der Waals surface area contributed by atoms with E-state index < -0.39 is 11.2 Å². The van der Waals surface area contributed by atoms with Gasteiger partial charge in [-0.05, 0) is 23.1 Å². The maximum absolute atomic E-state index is 9.59. The highest BCUT2D eigenvalue weighted by molar-refractivity contribution is 8.11. The molecule has 2 aromatic carbocycles. The van der Waals surface area contributed by atoms with Crippen LogP contribution in [0.15, 0.2) is 47.4 Å². The molecule has 0 heterocycles. The van der Waals surface area contributed by atoms with Crippen molar-refractivity contribution in [3.05, 3.63) is 42.5 Å². The topological polar surface area (TPSA) is 20.2 Å². The van der Waals surface area contributed by atoms with Crippen molar-refractivity contribution in [2.24, 2.45) is 0 Å². The van der Waals surface area contributed by atoms with Crippen LogP contribution in [0.25, 0.3) is 10.8 Å². The Morgan fingerprint density at radius 1 is 1.00 bits per heavy atom. The van der Waals surface area contributed by atoms with E-state index in [9.17, 15) is 4.55 Å². The summed E-state index contributed by atoms with van der Waals surface area (Å²) in [6.45, 7) is 0. The highest BCUT2D eigenvalue weighted by atomic mass is 32.2. The second-order valence-corrected chi connectivity index (χ2v) is 4.55. The van der Waals surface area contributed by atoms with Crippen molar-refractivity contribution in [3.63, 3.8) is 0 Å². The maximum atomic E-state index is 9.59. The van der Waals surface area contributed by atoms with E-state index in [1.807, 2.05) is 30.5 Å². The summed E-state index contributed by atoms with van der Waals surface area (Å²) >= 11 is -0.995. The first kappa shape index (κ1) is 8.60. The highest BCUT2D eigenvalue weighted by Crippen LogP contribution is 2.33. The van der Waals surface area contributed by atoms with Gasteiger partial charge in [0.15, 0.2) is 0 Å². The Morgan fingerprint density at radius 2 is 1.69 bits per heavy atom. The van der Waals surface area contributed by atoms with E-state index in [4.69, 9.17) is 0 Å². The van der Waals surface area contributed by atoms with E-state index in [0.717, 1.165) is 4.90 Å². The molecule has 0 radical (unpaired) electrons. The molecule has 1 N–H and O–H groups in total. The zero-order valence-electron chi connectivity index (χ0n) is 7.44. The summed E-state index contributed by atoms with van der Waals surface area (Å²) in [4.78, 5) is 1.06. The largest absolute Gasteiger partial charge is 0.350 e. The number of benzene rings is 2. The predicted octanol–water partition coefficient (Wildman–Crippen LogP) is 3.30. The molecule has 0 aromatic heterocycles. The van der Waals surface area contributed by atoms with Crippen molar-refractivity contribution in [3.8, 4) is 0 Å². The fourth-order valence-corrected chi connectivity index (χ4v) is 2.34. The van der Waals surface area contributed by atoms with Crippen LogP contribution in [-0.4, -0.2) is 10.8 Å². The molecular weight excluding hydrogens is 180 g/mol. The fraction of sp³-hybridized carbons (Fsp3) is 0.0909. The average molecular weight is 192 g/mol. The monoisotopic (exact) mass is 192 g/mol. The van der Waals surface area contributed by atoms with Crippen LogP contribution in [-0.2, 0) is 0 Å². The number of hydrogen-bond donors (Lipinski definition) is 2. The Morgan fingerprint density at radius 3 is 2.46 bits per heavy atom. The lowest BCUT2D eigenvalue weighted by Crippen LogP contribution is -1.81. The van der Waals surface area contributed by atoms with Crippen molar-refractivity contribution in [1.82, 2.24) is 0 Å². The molecule has 0 saturated heterocycles. The lowest BCUT2D eigenvalue weighted by atomic mass is 10.1. The molecule has 2 heteroatoms. The molecule has 1 nitrogen and oxygen atoms in total. The molecule has 0 aliphatic heterocycles. The highest BCUT2D eigenvalue weighted by Gasteiger charge is 2.01. The van der Waals surface area contributed by atoms with Crippen molar-refractivity contribution in [2.45, 2.75) is 4.90 Å². The fourth-order valence-electron chi connectivity index (χ4n) is 1.49. The Bertz CT molecular complexity index is 418. The van der Waals surface area contributed by atoms with Crippen LogP contribution in [0, 0.1) is 0 Å². The summed E-state index contributed by atoms with van der Waals surface area (Å²) < 4.78 is 9.59. The second kappa shape index (κ2) is 3.40. The first-order chi connectivity index (χ1) is 6.29. The van der Waals surface area contributed by atoms with Gasteiger partial charge in [0, 0.05) is 4.90 Å². The second-order valence-electron chi connectivity index (χ2n) is 3.02. The molecule has 0 fully saturated rings. The molecular formula is C11H12OS. The maximum Gasteiger partial charge on any atom is 0.0173 e. The number of fused-ring (bicyclic) bond motifs is 1. The molecule has 0 bridgehead atoms. The Kier molecular flexibility index (Phi) is 2.25. The number of hydrogen-bond acceptors (Lipinski definition) is 1. The van der Waals surface area contributed by atoms with E-state index in [0.29, 0.717) is 0 Å². The van der Waals surface area contributed by atoms with Gasteiger partial charge in [0.1, 0.15) is 0 Å². The van der Waals surface area contributed by atoms with E-state index in [1.54, 1.807) is 0 Å². The Hall–Kier alpha value is -0.990. The third-order valence-electron chi connectivity index (χ3n) is 2.12. The first-order valence-electron chi connectivity index (χ1n) is 4.19. The van der Waals surface area contributed by atoms with Crippen LogP contribution in [0.4, 0.5) is 0 Å². The minimum Gasteiger partial charge on any atom is -0.350 e. The summed E-state index contributed by atoms with van der Waals surface area (Å²) in [6.07, 6.45) is 1.86. The summed E-state index contributed by atoms with van der Waals surface area (Å²) in [5.41, 5.74) is 0. The summed E-state index contributed by atoms with van der Waals surface area (Å²) in [7, 11) is 0. The molecule has 2 aromatic rings. The summed E-state index contributed by atoms with van der Waals surface area (Å²) in [6, 6.07) is 14.2. The molecule has 0 amide bonds. The quantitative estimate of drug-likeness (QED) is 0.664. The minimum absolute atomic E-state index is 0.995. The van der Waals surface area contributed by atoms with Crippen LogP contribution in [0.3, 0.4) is 0 Å². The molecule has 13 heavy (non-hydrogen) atoms. The van der Waals surface area contributed by atoms with Crippen LogP contribution in [0.2, 0.25) is 0 Å². The van der Waals surface area contributed by atoms with Crippen molar-refractivity contribution >= 4 is 21.9 Å². The average Bonchev–Trinajstić information content (AvgIpc) is 2.17. The molecule has 0 spiro atoms. The third-order valence-corrected chi connectivity index (χ3v) is 3.20. The van der Waals surface area contributed by atoms with Gasteiger partial charge in [-0.15, -0.1) is 11.2 Å². The molecule has 1 atom stereocenters. The van der Waals surface area contributed by atoms with Gasteiger partial charge in [-0.1, -0.05) is 36.4 Å². The standard InChI is InChI=1S/C11H12OS/c1-13(12)11-8-4-6-9-5-2-3-7-10(9)11/h2-8,12-13H,1H3. The van der Waals surface area contributed by atoms with E-state index in [2.05, 4.69) is 18.2 Å². The van der Waals surface area contributed by atoms with Crippen molar-refractivity contribution < 1.29 is 4.55 Å². The van der Waals surface area contributed by atoms with Crippen LogP contribution in [0.1, 0.15) is 0 Å². The van der Waals surface area contributed by atoms with E-state index in [1.165, 1.54) is 10.8 Å². The minimum atomic E-state index is -0.995. The Balaban J connectivity index is 2.76. The lowest BCUT2D eigenvalue weighted by molar-refractivity contribution is 0.652. The molecule has 68 valence electrons. The molecule has 0 aliphatic carbocycles. The lowest BCUT2D eigenvalue weighted by Gasteiger charge is -2.11. The van der Waals surface area contributed by atoms with E-state index >= 15 is 0 Å². The smallest absolute Gasteiger partial charge is 0.0173 e. The molecule has 0 saturated carbocycles. The first-order valence-corrected chi connectivity index (χ1v) is 5.93. The zero-order chi connectivity index (χ0) is 9.26.